The first-order chi connectivity index (χ1) is 10.8. The summed E-state index contributed by atoms with van der Waals surface area (Å²) in [6, 6.07) is 3.15. The van der Waals surface area contributed by atoms with Crippen molar-refractivity contribution in [1.82, 2.24) is 20.9 Å². The van der Waals surface area contributed by atoms with E-state index in [1.807, 2.05) is 0 Å². The molecule has 121 valence electrons. The molecule has 0 unspecified atom stereocenters. The molecule has 5 amide bonds. The van der Waals surface area contributed by atoms with Gasteiger partial charge in [0, 0.05) is 20.1 Å². The minimum absolute atomic E-state index is 0.00138. The number of aromatic hydroxyl groups is 1. The summed E-state index contributed by atoms with van der Waals surface area (Å²) in [7, 11) is 1.45. The molecule has 23 heavy (non-hydrogen) atoms. The third-order valence-corrected chi connectivity index (χ3v) is 3.44. The summed E-state index contributed by atoms with van der Waals surface area (Å²) >= 11 is 0. The Hall–Kier alpha value is -3.10. The van der Waals surface area contributed by atoms with E-state index in [0.717, 1.165) is 0 Å². The number of likely N-dealkylation sites (N-methyl/N-ethyl adjacent to an activating group) is 1. The fourth-order valence-electron chi connectivity index (χ4n) is 2.09. The predicted octanol–water partition coefficient (Wildman–Crippen LogP) is -0.747. The van der Waals surface area contributed by atoms with Gasteiger partial charge in [0.05, 0.1) is 0 Å². The van der Waals surface area contributed by atoms with Gasteiger partial charge in [0.25, 0.3) is 5.91 Å². The van der Waals surface area contributed by atoms with Crippen LogP contribution in [0.5, 0.6) is 5.75 Å². The van der Waals surface area contributed by atoms with Crippen LogP contribution in [0.4, 0.5) is 4.79 Å². The summed E-state index contributed by atoms with van der Waals surface area (Å²) in [5.74, 6) is -2.92. The van der Waals surface area contributed by atoms with Gasteiger partial charge in [0.15, 0.2) is 0 Å². The van der Waals surface area contributed by atoms with Crippen LogP contribution in [0.3, 0.4) is 0 Å². The van der Waals surface area contributed by atoms with Crippen molar-refractivity contribution in [3.05, 3.63) is 29.8 Å². The minimum Gasteiger partial charge on any atom is -0.508 e. The monoisotopic (exact) mass is 319 g/mol. The molecule has 0 aliphatic carbocycles. The summed E-state index contributed by atoms with van der Waals surface area (Å²) in [6.45, 7) is 0.193. The van der Waals surface area contributed by atoms with Gasteiger partial charge in [-0.15, -0.1) is 0 Å². The summed E-state index contributed by atoms with van der Waals surface area (Å²) < 4.78 is 0. The molecule has 1 saturated heterocycles. The Labute approximate surface area is 131 Å². The number of amides is 5. The lowest BCUT2D eigenvalue weighted by Gasteiger charge is -2.30. The molecule has 0 spiro atoms. The first-order valence-electron chi connectivity index (χ1n) is 6.73. The number of urea groups is 1. The molecular formula is C14H15N4O5. The first kappa shape index (κ1) is 16.3. The lowest BCUT2D eigenvalue weighted by atomic mass is 10.1. The highest BCUT2D eigenvalue weighted by Gasteiger charge is 2.35. The van der Waals surface area contributed by atoms with E-state index in [1.165, 1.54) is 36.2 Å². The fourth-order valence-corrected chi connectivity index (χ4v) is 2.09. The van der Waals surface area contributed by atoms with E-state index in [2.05, 4.69) is 5.32 Å². The van der Waals surface area contributed by atoms with Gasteiger partial charge >= 0.3 is 17.8 Å². The molecule has 0 bridgehead atoms. The summed E-state index contributed by atoms with van der Waals surface area (Å²) in [5.41, 5.74) is 7.54. The molecule has 1 radical (unpaired) electrons. The number of piperazine rings is 1. The first-order valence-corrected chi connectivity index (χ1v) is 6.73. The summed E-state index contributed by atoms with van der Waals surface area (Å²) in [4.78, 5) is 48.9. The van der Waals surface area contributed by atoms with E-state index in [4.69, 9.17) is 5.73 Å². The van der Waals surface area contributed by atoms with Crippen LogP contribution in [0.1, 0.15) is 11.6 Å². The molecule has 9 nitrogen and oxygen atoms in total. The minimum atomic E-state index is -1.30. The molecule has 1 aromatic rings. The second kappa shape index (κ2) is 6.34. The van der Waals surface area contributed by atoms with E-state index in [1.54, 1.807) is 0 Å². The summed E-state index contributed by atoms with van der Waals surface area (Å²) in [6.07, 6.45) is 0. The topological polar surface area (TPSA) is 131 Å². The standard InChI is InChI=1S/C14H15N4O5/c1-17-6-7-18(13(22)12(17)21)14(23)16-10(11(15)20)8-2-4-9(19)5-3-8/h2-5,10,15,19H,6-7H2,1H3,(H,16,23)/t10-/m1/s1. The van der Waals surface area contributed by atoms with E-state index in [0.29, 0.717) is 4.90 Å². The molecule has 2 rings (SSSR count). The summed E-state index contributed by atoms with van der Waals surface area (Å²) in [5, 5.41) is 11.5. The van der Waals surface area contributed by atoms with E-state index < -0.39 is 29.8 Å². The van der Waals surface area contributed by atoms with Crippen molar-refractivity contribution in [1.29, 1.82) is 0 Å². The maximum absolute atomic E-state index is 12.2. The molecular weight excluding hydrogens is 304 g/mol. The van der Waals surface area contributed by atoms with Gasteiger partial charge in [0.1, 0.15) is 11.8 Å². The Balaban J connectivity index is 2.15. The molecule has 1 heterocycles. The van der Waals surface area contributed by atoms with Crippen molar-refractivity contribution in [2.45, 2.75) is 6.04 Å². The molecule has 1 aliphatic heterocycles. The van der Waals surface area contributed by atoms with Crippen LogP contribution in [0.25, 0.3) is 0 Å². The molecule has 1 fully saturated rings. The Kier molecular flexibility index (Phi) is 4.49. The normalized spacial score (nSPS) is 16.2. The van der Waals surface area contributed by atoms with E-state index >= 15 is 0 Å². The number of nitrogens with one attached hydrogen (secondary N) is 2. The second-order valence-electron chi connectivity index (χ2n) is 5.02. The quantitative estimate of drug-likeness (QED) is 0.708. The molecule has 1 aromatic carbocycles. The average Bonchev–Trinajstić information content (AvgIpc) is 2.51. The van der Waals surface area contributed by atoms with Gasteiger partial charge in [-0.3, -0.25) is 25.0 Å². The zero-order valence-corrected chi connectivity index (χ0v) is 12.3. The van der Waals surface area contributed by atoms with Gasteiger partial charge in [-0.25, -0.2) is 4.79 Å². The molecule has 1 aliphatic rings. The smallest absolute Gasteiger partial charge is 0.325 e. The third-order valence-electron chi connectivity index (χ3n) is 3.44. The molecule has 1 atom stereocenters. The van der Waals surface area contributed by atoms with Crippen molar-refractivity contribution in [3.8, 4) is 5.75 Å². The van der Waals surface area contributed by atoms with E-state index in [9.17, 15) is 24.3 Å². The third kappa shape index (κ3) is 3.39. The number of benzene rings is 1. The van der Waals surface area contributed by atoms with Crippen LogP contribution >= 0.6 is 0 Å². The van der Waals surface area contributed by atoms with Crippen LogP contribution < -0.4 is 11.1 Å². The maximum Gasteiger partial charge on any atom is 0.325 e. The largest absolute Gasteiger partial charge is 0.508 e. The van der Waals surface area contributed by atoms with E-state index in [-0.39, 0.29) is 24.4 Å². The van der Waals surface area contributed by atoms with Crippen molar-refractivity contribution in [3.63, 3.8) is 0 Å². The zero-order valence-electron chi connectivity index (χ0n) is 12.3. The zero-order chi connectivity index (χ0) is 17.1. The van der Waals surface area contributed by atoms with Crippen molar-refractivity contribution >= 4 is 23.8 Å². The average molecular weight is 319 g/mol. The van der Waals surface area contributed by atoms with Crippen molar-refractivity contribution < 1.29 is 24.3 Å². The Bertz CT molecular complexity index is 658. The van der Waals surface area contributed by atoms with Gasteiger partial charge < -0.3 is 15.3 Å². The molecule has 3 N–H and O–H groups in total. The maximum atomic E-state index is 12.2. The Morgan fingerprint density at radius 1 is 1.17 bits per heavy atom. The fraction of sp³-hybridized carbons (Fsp3) is 0.286. The number of imide groups is 1. The lowest BCUT2D eigenvalue weighted by molar-refractivity contribution is -0.152. The van der Waals surface area contributed by atoms with Crippen molar-refractivity contribution in [2.75, 3.05) is 20.1 Å². The van der Waals surface area contributed by atoms with Crippen LogP contribution in [0, 0.1) is 0 Å². The van der Waals surface area contributed by atoms with Gasteiger partial charge in [0.2, 0.25) is 0 Å². The number of phenols is 1. The lowest BCUT2D eigenvalue weighted by Crippen LogP contribution is -2.57. The highest BCUT2D eigenvalue weighted by molar-refractivity contribution is 6.38. The number of phenolic OH excluding ortho intramolecular Hbond substituents is 1. The number of hydrogen-bond acceptors (Lipinski definition) is 5. The number of carbonyl (C=O) groups excluding carboxylic acids is 4. The highest BCUT2D eigenvalue weighted by Crippen LogP contribution is 2.17. The Morgan fingerprint density at radius 3 is 2.35 bits per heavy atom. The number of carbonyl (C=O) groups is 4. The molecule has 0 aromatic heterocycles. The van der Waals surface area contributed by atoms with Crippen LogP contribution in [0.15, 0.2) is 24.3 Å². The SMILES string of the molecule is CN1CCN(C(=O)N[C@@H](C([NH])=O)c2ccc(O)cc2)C(=O)C1=O. The molecule has 0 saturated carbocycles. The van der Waals surface area contributed by atoms with Crippen molar-refractivity contribution in [2.24, 2.45) is 0 Å². The number of rotatable bonds is 3. The number of nitrogens with zero attached hydrogens (tertiary/aromatic N) is 2. The van der Waals surface area contributed by atoms with Crippen LogP contribution in [-0.4, -0.2) is 58.8 Å². The van der Waals surface area contributed by atoms with Crippen LogP contribution in [-0.2, 0) is 14.4 Å². The second-order valence-corrected chi connectivity index (χ2v) is 5.02. The Morgan fingerprint density at radius 2 is 1.78 bits per heavy atom. The van der Waals surface area contributed by atoms with Crippen LogP contribution in [0.2, 0.25) is 0 Å². The number of hydrogen-bond donors (Lipinski definition) is 2. The predicted molar refractivity (Wildman–Crippen MR) is 76.8 cm³/mol. The van der Waals surface area contributed by atoms with Gasteiger partial charge in [-0.2, -0.15) is 0 Å². The highest BCUT2D eigenvalue weighted by atomic mass is 16.3. The van der Waals surface area contributed by atoms with Gasteiger partial charge in [-0.05, 0) is 17.7 Å². The van der Waals surface area contributed by atoms with Gasteiger partial charge in [-0.1, -0.05) is 12.1 Å². The molecule has 9 heteroatoms.